The molecule has 1 aromatic rings. The molecule has 19 heavy (non-hydrogen) atoms. The van der Waals surface area contributed by atoms with Crippen LogP contribution in [0.2, 0.25) is 0 Å². The van der Waals surface area contributed by atoms with Crippen LogP contribution in [0, 0.1) is 15.4 Å². The van der Waals surface area contributed by atoms with Gasteiger partial charge < -0.3 is 4.74 Å². The molecule has 0 saturated carbocycles. The quantitative estimate of drug-likeness (QED) is 0.484. The van der Waals surface area contributed by atoms with Crippen LogP contribution in [0.5, 0.6) is 0 Å². The molecule has 3 nitrogen and oxygen atoms in total. The average Bonchev–Trinajstić information content (AvgIpc) is 2.63. The van der Waals surface area contributed by atoms with Gasteiger partial charge in [-0.1, -0.05) is 19.1 Å². The molecule has 1 fully saturated rings. The second-order valence-corrected chi connectivity index (χ2v) is 6.83. The monoisotopic (exact) mass is 374 g/mol. The fraction of sp³-hybridized carbons (Fsp3) is 0.600. The summed E-state index contributed by atoms with van der Waals surface area (Å²) in [4.78, 5) is 0. The number of hydrogen-bond acceptors (Lipinski definition) is 3. The highest BCUT2D eigenvalue weighted by Crippen LogP contribution is 2.35. The van der Waals surface area contributed by atoms with Crippen molar-refractivity contribution in [2.75, 3.05) is 0 Å². The molecule has 5 atom stereocenters. The predicted octanol–water partition coefficient (Wildman–Crippen LogP) is 2.73. The van der Waals surface area contributed by atoms with Gasteiger partial charge in [-0.25, -0.2) is 0 Å². The van der Waals surface area contributed by atoms with Crippen LogP contribution < -0.4 is 11.3 Å². The summed E-state index contributed by atoms with van der Waals surface area (Å²) >= 11 is 2.33. The van der Waals surface area contributed by atoms with Crippen LogP contribution in [0.4, 0.5) is 0 Å². The van der Waals surface area contributed by atoms with Gasteiger partial charge in [0, 0.05) is 15.5 Å². The topological polar surface area (TPSA) is 47.3 Å². The third-order valence-corrected chi connectivity index (χ3v) is 5.09. The van der Waals surface area contributed by atoms with E-state index in [9.17, 15) is 0 Å². The molecular formula is C15H23IN2O. The van der Waals surface area contributed by atoms with Crippen LogP contribution in [0.1, 0.15) is 26.3 Å². The molecule has 1 aliphatic rings. The van der Waals surface area contributed by atoms with Crippen molar-refractivity contribution in [1.82, 2.24) is 5.43 Å². The second kappa shape index (κ2) is 6.52. The molecule has 1 aromatic carbocycles. The number of rotatable bonds is 4. The van der Waals surface area contributed by atoms with Gasteiger partial charge in [0.15, 0.2) is 0 Å². The molecular weight excluding hydrogens is 351 g/mol. The molecule has 106 valence electrons. The lowest BCUT2D eigenvalue weighted by atomic mass is 9.81. The maximum Gasteiger partial charge on any atom is 0.0597 e. The zero-order chi connectivity index (χ0) is 14.0. The summed E-state index contributed by atoms with van der Waals surface area (Å²) in [7, 11) is 0. The van der Waals surface area contributed by atoms with Gasteiger partial charge in [0.05, 0.1) is 12.2 Å². The van der Waals surface area contributed by atoms with E-state index in [4.69, 9.17) is 10.6 Å². The SMILES string of the molecule is CC1OC(C)C(C(Cc2ccc(I)cc2)NN)C1C. The first kappa shape index (κ1) is 15.2. The van der Waals surface area contributed by atoms with Crippen LogP contribution in [-0.2, 0) is 11.2 Å². The number of nitrogens with two attached hydrogens (primary N) is 1. The Morgan fingerprint density at radius 1 is 1.21 bits per heavy atom. The van der Waals surface area contributed by atoms with Gasteiger partial charge in [0.1, 0.15) is 0 Å². The van der Waals surface area contributed by atoms with Crippen LogP contribution in [-0.4, -0.2) is 18.2 Å². The number of nitrogens with one attached hydrogen (secondary N) is 1. The Balaban J connectivity index is 2.09. The van der Waals surface area contributed by atoms with E-state index in [1.54, 1.807) is 0 Å². The van der Waals surface area contributed by atoms with E-state index >= 15 is 0 Å². The van der Waals surface area contributed by atoms with Crippen molar-refractivity contribution >= 4 is 22.6 Å². The highest BCUT2D eigenvalue weighted by Gasteiger charge is 2.41. The van der Waals surface area contributed by atoms with Crippen molar-refractivity contribution in [3.05, 3.63) is 33.4 Å². The lowest BCUT2D eigenvalue weighted by Gasteiger charge is -2.28. The van der Waals surface area contributed by atoms with Gasteiger partial charge in [-0.15, -0.1) is 0 Å². The smallest absolute Gasteiger partial charge is 0.0597 e. The van der Waals surface area contributed by atoms with E-state index in [0.717, 1.165) is 6.42 Å². The summed E-state index contributed by atoms with van der Waals surface area (Å²) < 4.78 is 7.19. The van der Waals surface area contributed by atoms with E-state index < -0.39 is 0 Å². The standard InChI is InChI=1S/C15H23IN2O/c1-9-10(2)19-11(3)15(9)14(18-17)8-12-4-6-13(16)7-5-12/h4-7,9-11,14-15,18H,8,17H2,1-3H3. The molecule has 3 N–H and O–H groups in total. The van der Waals surface area contributed by atoms with Crippen molar-refractivity contribution in [3.63, 3.8) is 0 Å². The van der Waals surface area contributed by atoms with Crippen molar-refractivity contribution in [2.24, 2.45) is 17.7 Å². The zero-order valence-electron chi connectivity index (χ0n) is 11.8. The molecule has 1 aliphatic heterocycles. The van der Waals surface area contributed by atoms with E-state index in [1.807, 2.05) is 0 Å². The van der Waals surface area contributed by atoms with Crippen molar-refractivity contribution in [2.45, 2.75) is 45.4 Å². The number of ether oxygens (including phenoxy) is 1. The highest BCUT2D eigenvalue weighted by molar-refractivity contribution is 14.1. The molecule has 2 rings (SSSR count). The highest BCUT2D eigenvalue weighted by atomic mass is 127. The summed E-state index contributed by atoms with van der Waals surface area (Å²) in [6.07, 6.45) is 1.52. The first-order valence-electron chi connectivity index (χ1n) is 6.89. The van der Waals surface area contributed by atoms with Gasteiger partial charge in [0.25, 0.3) is 0 Å². The molecule has 0 amide bonds. The number of halogens is 1. The Hall–Kier alpha value is -0.170. The Labute approximate surface area is 129 Å². The van der Waals surface area contributed by atoms with Crippen molar-refractivity contribution in [1.29, 1.82) is 0 Å². The van der Waals surface area contributed by atoms with Gasteiger partial charge in [0.2, 0.25) is 0 Å². The molecule has 5 unspecified atom stereocenters. The summed E-state index contributed by atoms with van der Waals surface area (Å²) in [6.45, 7) is 6.57. The van der Waals surface area contributed by atoms with E-state index in [0.29, 0.717) is 17.9 Å². The maximum atomic E-state index is 5.93. The van der Waals surface area contributed by atoms with Crippen LogP contribution in [0.3, 0.4) is 0 Å². The van der Waals surface area contributed by atoms with Gasteiger partial charge >= 0.3 is 0 Å². The molecule has 0 spiro atoms. The molecule has 0 bridgehead atoms. The molecule has 1 saturated heterocycles. The Morgan fingerprint density at radius 3 is 2.32 bits per heavy atom. The van der Waals surface area contributed by atoms with Crippen molar-refractivity contribution in [3.8, 4) is 0 Å². The molecule has 0 aliphatic carbocycles. The minimum absolute atomic E-state index is 0.259. The lowest BCUT2D eigenvalue weighted by Crippen LogP contribution is -2.46. The van der Waals surface area contributed by atoms with Gasteiger partial charge in [-0.3, -0.25) is 11.3 Å². The number of benzene rings is 1. The lowest BCUT2D eigenvalue weighted by molar-refractivity contribution is 0.0476. The first-order chi connectivity index (χ1) is 9.02. The second-order valence-electron chi connectivity index (χ2n) is 5.59. The first-order valence-corrected chi connectivity index (χ1v) is 7.97. The van der Waals surface area contributed by atoms with E-state index in [-0.39, 0.29) is 12.1 Å². The third-order valence-electron chi connectivity index (χ3n) is 4.37. The normalized spacial score (nSPS) is 32.5. The fourth-order valence-corrected chi connectivity index (χ4v) is 3.53. The number of hydrazine groups is 1. The van der Waals surface area contributed by atoms with Gasteiger partial charge in [-0.2, -0.15) is 0 Å². The van der Waals surface area contributed by atoms with E-state index in [2.05, 4.69) is 73.1 Å². The molecule has 1 heterocycles. The van der Waals surface area contributed by atoms with Gasteiger partial charge in [-0.05, 0) is 66.5 Å². The molecule has 0 radical (unpaired) electrons. The Kier molecular flexibility index (Phi) is 5.22. The maximum absolute atomic E-state index is 5.93. The minimum atomic E-state index is 0.259. The summed E-state index contributed by atoms with van der Waals surface area (Å²) in [5, 5.41) is 0. The predicted molar refractivity (Wildman–Crippen MR) is 86.6 cm³/mol. The van der Waals surface area contributed by atoms with Crippen LogP contribution >= 0.6 is 22.6 Å². The molecule has 0 aromatic heterocycles. The average molecular weight is 374 g/mol. The van der Waals surface area contributed by atoms with Crippen molar-refractivity contribution < 1.29 is 4.74 Å². The minimum Gasteiger partial charge on any atom is -0.375 e. The van der Waals surface area contributed by atoms with Crippen LogP contribution in [0.15, 0.2) is 24.3 Å². The summed E-state index contributed by atoms with van der Waals surface area (Å²) in [5.74, 6) is 6.78. The summed E-state index contributed by atoms with van der Waals surface area (Å²) in [6, 6.07) is 8.91. The summed E-state index contributed by atoms with van der Waals surface area (Å²) in [5.41, 5.74) is 4.33. The van der Waals surface area contributed by atoms with Crippen LogP contribution in [0.25, 0.3) is 0 Å². The Bertz CT molecular complexity index is 409. The molecule has 4 heteroatoms. The largest absolute Gasteiger partial charge is 0.375 e. The Morgan fingerprint density at radius 2 is 1.84 bits per heavy atom. The number of hydrogen-bond donors (Lipinski definition) is 2. The zero-order valence-corrected chi connectivity index (χ0v) is 13.9. The third kappa shape index (κ3) is 3.48. The fourth-order valence-electron chi connectivity index (χ4n) is 3.17. The van der Waals surface area contributed by atoms with E-state index in [1.165, 1.54) is 9.13 Å².